The Balaban J connectivity index is 0.000000345. The molecule has 1 heterocycles. The number of rotatable bonds is 3. The number of carboxylic acids is 1. The summed E-state index contributed by atoms with van der Waals surface area (Å²) in [5.74, 6) is -1.86. The summed E-state index contributed by atoms with van der Waals surface area (Å²) in [4.78, 5) is 10.1. The summed E-state index contributed by atoms with van der Waals surface area (Å²) in [6, 6.07) is 12.2. The molecule has 0 saturated heterocycles. The molecule has 9 heteroatoms. The van der Waals surface area contributed by atoms with Crippen LogP contribution in [0.5, 0.6) is 0 Å². The van der Waals surface area contributed by atoms with Crippen LogP contribution in [0.1, 0.15) is 16.7 Å². The van der Waals surface area contributed by atoms with E-state index in [4.69, 9.17) is 33.1 Å². The van der Waals surface area contributed by atoms with Gasteiger partial charge in [-0.1, -0.05) is 41.4 Å². The molecule has 0 aromatic heterocycles. The average Bonchev–Trinajstić information content (AvgIpc) is 2.86. The summed E-state index contributed by atoms with van der Waals surface area (Å²) in [6.07, 6.45) is -2.95. The maximum Gasteiger partial charge on any atom is 0.490 e. The second-order valence-corrected chi connectivity index (χ2v) is 7.81. The Hall–Kier alpha value is -1.41. The number of carbonyl (C=O) groups is 1. The van der Waals surface area contributed by atoms with Gasteiger partial charge in [0.1, 0.15) is 0 Å². The number of fused-ring (bicyclic) bond motifs is 1. The largest absolute Gasteiger partial charge is 0.490 e. The fourth-order valence-corrected chi connectivity index (χ4v) is 4.31. The van der Waals surface area contributed by atoms with Gasteiger partial charge in [-0.25, -0.2) is 4.79 Å². The third kappa shape index (κ3) is 6.88. The van der Waals surface area contributed by atoms with Crippen molar-refractivity contribution in [1.29, 1.82) is 0 Å². The lowest BCUT2D eigenvalue weighted by Gasteiger charge is -2.14. The van der Waals surface area contributed by atoms with Gasteiger partial charge in [0.25, 0.3) is 0 Å². The monoisotopic (exact) mass is 451 g/mol. The van der Waals surface area contributed by atoms with Gasteiger partial charge in [0.15, 0.2) is 0 Å². The summed E-state index contributed by atoms with van der Waals surface area (Å²) >= 11 is 14.3. The number of thioether (sulfide) groups is 1. The van der Waals surface area contributed by atoms with Crippen molar-refractivity contribution in [3.63, 3.8) is 0 Å². The van der Waals surface area contributed by atoms with Gasteiger partial charge in [-0.05, 0) is 60.8 Å². The summed E-state index contributed by atoms with van der Waals surface area (Å²) in [7, 11) is 0. The van der Waals surface area contributed by atoms with E-state index in [0.717, 1.165) is 41.7 Å². The zero-order chi connectivity index (χ0) is 20.7. The fraction of sp³-hybridized carbons (Fsp3) is 0.316. The van der Waals surface area contributed by atoms with Crippen LogP contribution in [0.15, 0.2) is 41.3 Å². The smallest absolute Gasteiger partial charge is 0.475 e. The molecule has 0 saturated carbocycles. The van der Waals surface area contributed by atoms with Crippen molar-refractivity contribution in [2.24, 2.45) is 0 Å². The summed E-state index contributed by atoms with van der Waals surface area (Å²) in [5, 5.41) is 12.2. The Morgan fingerprint density at radius 1 is 1.14 bits per heavy atom. The molecule has 2 aromatic carbocycles. The van der Waals surface area contributed by atoms with Crippen molar-refractivity contribution in [3.05, 3.63) is 63.1 Å². The minimum atomic E-state index is -5.08. The lowest BCUT2D eigenvalue weighted by Crippen LogP contribution is -2.21. The highest BCUT2D eigenvalue weighted by Gasteiger charge is 2.38. The quantitative estimate of drug-likeness (QED) is 0.595. The predicted molar refractivity (Wildman–Crippen MR) is 106 cm³/mol. The van der Waals surface area contributed by atoms with Crippen LogP contribution in [0, 0.1) is 0 Å². The van der Waals surface area contributed by atoms with Crippen molar-refractivity contribution in [2.75, 3.05) is 13.1 Å². The highest BCUT2D eigenvalue weighted by atomic mass is 35.5. The number of hydrogen-bond donors (Lipinski definition) is 2. The van der Waals surface area contributed by atoms with Crippen LogP contribution < -0.4 is 5.32 Å². The zero-order valence-electron chi connectivity index (χ0n) is 14.7. The molecule has 3 rings (SSSR count). The van der Waals surface area contributed by atoms with Crippen molar-refractivity contribution >= 4 is 40.9 Å². The molecule has 0 bridgehead atoms. The van der Waals surface area contributed by atoms with Crippen molar-refractivity contribution < 1.29 is 23.1 Å². The highest BCUT2D eigenvalue weighted by Crippen LogP contribution is 2.36. The first kappa shape index (κ1) is 22.9. The SMILES string of the molecule is Clc1cccc(CSc2c(Cl)ccc3c2CCNCC3)c1.O=C(O)C(F)(F)F. The minimum absolute atomic E-state index is 0.787. The maximum atomic E-state index is 10.6. The van der Waals surface area contributed by atoms with Crippen LogP contribution in [0.25, 0.3) is 0 Å². The molecule has 0 unspecified atom stereocenters. The molecule has 0 fully saturated rings. The molecule has 0 amide bonds. The van der Waals surface area contributed by atoms with E-state index < -0.39 is 12.1 Å². The number of carboxylic acid groups (broad SMARTS) is 1. The molecule has 0 spiro atoms. The van der Waals surface area contributed by atoms with Gasteiger partial charge < -0.3 is 10.4 Å². The summed E-state index contributed by atoms with van der Waals surface area (Å²) in [6.45, 7) is 2.07. The molecule has 2 aromatic rings. The van der Waals surface area contributed by atoms with E-state index in [1.807, 2.05) is 36.0 Å². The molecule has 0 aliphatic carbocycles. The number of halogens is 5. The van der Waals surface area contributed by atoms with Crippen LogP contribution in [-0.2, 0) is 23.4 Å². The summed E-state index contributed by atoms with van der Waals surface area (Å²) in [5.41, 5.74) is 4.07. The van der Waals surface area contributed by atoms with Crippen LogP contribution in [0.3, 0.4) is 0 Å². The number of benzene rings is 2. The number of alkyl halides is 3. The Labute approximate surface area is 175 Å². The molecule has 1 aliphatic rings. The van der Waals surface area contributed by atoms with Crippen molar-refractivity contribution in [2.45, 2.75) is 29.7 Å². The van der Waals surface area contributed by atoms with E-state index >= 15 is 0 Å². The first-order valence-electron chi connectivity index (χ1n) is 8.37. The molecular formula is C19H18Cl2F3NO2S. The first-order chi connectivity index (χ1) is 13.2. The third-order valence-electron chi connectivity index (χ3n) is 3.95. The summed E-state index contributed by atoms with van der Waals surface area (Å²) < 4.78 is 31.7. The van der Waals surface area contributed by atoms with Gasteiger partial charge in [-0.15, -0.1) is 11.8 Å². The maximum absolute atomic E-state index is 10.6. The van der Waals surface area contributed by atoms with E-state index in [1.165, 1.54) is 21.6 Å². The van der Waals surface area contributed by atoms with Gasteiger partial charge in [-0.2, -0.15) is 13.2 Å². The van der Waals surface area contributed by atoms with E-state index in [9.17, 15) is 13.2 Å². The van der Waals surface area contributed by atoms with Gasteiger partial charge >= 0.3 is 12.1 Å². The van der Waals surface area contributed by atoms with Crippen LogP contribution in [0.2, 0.25) is 10.0 Å². The topological polar surface area (TPSA) is 49.3 Å². The molecule has 28 heavy (non-hydrogen) atoms. The minimum Gasteiger partial charge on any atom is -0.475 e. The molecule has 2 N–H and O–H groups in total. The van der Waals surface area contributed by atoms with E-state index in [1.54, 1.807) is 0 Å². The Bertz CT molecular complexity index is 831. The van der Waals surface area contributed by atoms with Gasteiger partial charge in [0, 0.05) is 15.7 Å². The molecule has 0 atom stereocenters. The number of hydrogen-bond acceptors (Lipinski definition) is 3. The molecule has 1 aliphatic heterocycles. The molecule has 152 valence electrons. The number of nitrogens with one attached hydrogen (secondary N) is 1. The van der Waals surface area contributed by atoms with E-state index in [2.05, 4.69) is 17.4 Å². The van der Waals surface area contributed by atoms with E-state index in [-0.39, 0.29) is 0 Å². The van der Waals surface area contributed by atoms with E-state index in [0.29, 0.717) is 0 Å². The Morgan fingerprint density at radius 2 is 1.82 bits per heavy atom. The van der Waals surface area contributed by atoms with Crippen LogP contribution in [0.4, 0.5) is 13.2 Å². The molecule has 3 nitrogen and oxygen atoms in total. The first-order valence-corrected chi connectivity index (χ1v) is 10.1. The van der Waals surface area contributed by atoms with Gasteiger partial charge in [0.05, 0.1) is 5.02 Å². The number of aliphatic carboxylic acids is 1. The van der Waals surface area contributed by atoms with Gasteiger partial charge in [-0.3, -0.25) is 0 Å². The van der Waals surface area contributed by atoms with Crippen molar-refractivity contribution in [1.82, 2.24) is 5.32 Å². The van der Waals surface area contributed by atoms with Gasteiger partial charge in [0.2, 0.25) is 0 Å². The van der Waals surface area contributed by atoms with Crippen LogP contribution >= 0.6 is 35.0 Å². The van der Waals surface area contributed by atoms with Crippen LogP contribution in [-0.4, -0.2) is 30.3 Å². The third-order valence-corrected chi connectivity index (χ3v) is 5.84. The standard InChI is InChI=1S/C17H17Cl2NS.C2HF3O2/c18-14-3-1-2-12(10-14)11-21-17-15-7-9-20-8-6-13(15)4-5-16(17)19;3-2(4,5)1(6)7/h1-5,10,20H,6-9,11H2;(H,6,7). The average molecular weight is 452 g/mol. The second-order valence-electron chi connectivity index (χ2n) is 5.99. The normalized spacial score (nSPS) is 13.8. The Kier molecular flexibility index (Phi) is 8.49. The Morgan fingerprint density at radius 3 is 2.46 bits per heavy atom. The molecule has 0 radical (unpaired) electrons. The highest BCUT2D eigenvalue weighted by molar-refractivity contribution is 7.98. The lowest BCUT2D eigenvalue weighted by atomic mass is 10.0. The van der Waals surface area contributed by atoms with Crippen molar-refractivity contribution in [3.8, 4) is 0 Å². The zero-order valence-corrected chi connectivity index (χ0v) is 17.0. The lowest BCUT2D eigenvalue weighted by molar-refractivity contribution is -0.192. The fourth-order valence-electron chi connectivity index (χ4n) is 2.65. The predicted octanol–water partition coefficient (Wildman–Crippen LogP) is 5.61. The second kappa shape index (κ2) is 10.4. The molecular weight excluding hydrogens is 434 g/mol.